The second-order valence-electron chi connectivity index (χ2n) is 8.41. The van der Waals surface area contributed by atoms with Crippen molar-refractivity contribution >= 4 is 5.91 Å². The molecule has 0 saturated carbocycles. The molecule has 0 unspecified atom stereocenters. The molecule has 0 N–H and O–H groups in total. The second kappa shape index (κ2) is 8.11. The number of ether oxygens (including phenoxy) is 1. The summed E-state index contributed by atoms with van der Waals surface area (Å²) in [6, 6.07) is 6.29. The van der Waals surface area contributed by atoms with Gasteiger partial charge < -0.3 is 9.64 Å². The van der Waals surface area contributed by atoms with E-state index in [9.17, 15) is 4.79 Å². The highest BCUT2D eigenvalue weighted by molar-refractivity contribution is 5.73. The van der Waals surface area contributed by atoms with Crippen LogP contribution in [0.5, 0.6) is 5.75 Å². The number of carbonyl (C=O) groups is 1. The van der Waals surface area contributed by atoms with E-state index in [1.54, 1.807) is 6.92 Å². The van der Waals surface area contributed by atoms with Crippen LogP contribution < -0.4 is 4.74 Å². The van der Waals surface area contributed by atoms with Crippen LogP contribution in [0.3, 0.4) is 0 Å². The summed E-state index contributed by atoms with van der Waals surface area (Å²) >= 11 is 0. The average molecular weight is 395 g/mol. The van der Waals surface area contributed by atoms with Gasteiger partial charge in [-0.25, -0.2) is 9.97 Å². The molecule has 1 aromatic carbocycles. The molecule has 0 radical (unpaired) electrons. The van der Waals surface area contributed by atoms with Crippen molar-refractivity contribution in [3.05, 3.63) is 53.1 Å². The molecule has 0 atom stereocenters. The van der Waals surface area contributed by atoms with Crippen molar-refractivity contribution in [2.45, 2.75) is 58.7 Å². The van der Waals surface area contributed by atoms with E-state index in [0.717, 1.165) is 61.6 Å². The molecule has 1 aromatic heterocycles. The van der Waals surface area contributed by atoms with Crippen molar-refractivity contribution in [3.8, 4) is 5.75 Å². The number of hydrogen-bond donors (Lipinski definition) is 0. The summed E-state index contributed by atoms with van der Waals surface area (Å²) in [5, 5.41) is 0. The lowest BCUT2D eigenvalue weighted by Gasteiger charge is -2.42. The summed E-state index contributed by atoms with van der Waals surface area (Å²) in [6.07, 6.45) is 6.54. The van der Waals surface area contributed by atoms with Crippen LogP contribution in [-0.4, -0.2) is 50.9 Å². The zero-order chi connectivity index (χ0) is 20.4. The van der Waals surface area contributed by atoms with Crippen LogP contribution in [0.2, 0.25) is 0 Å². The normalized spacial score (nSPS) is 18.8. The first-order chi connectivity index (χ1) is 14.0. The molecule has 2 aliphatic rings. The molecule has 1 fully saturated rings. The first-order valence-corrected chi connectivity index (χ1v) is 10.5. The number of aryl methyl sites for hydroxylation is 2. The number of carbonyl (C=O) groups excluding carboxylic acids is 1. The lowest BCUT2D eigenvalue weighted by Crippen LogP contribution is -2.53. The summed E-state index contributed by atoms with van der Waals surface area (Å²) < 4.78 is 6.60. The number of aromatic nitrogens is 2. The minimum atomic E-state index is -0.314. The molecule has 1 spiro atoms. The minimum absolute atomic E-state index is 0.109. The molecule has 4 rings (SSSR count). The number of benzene rings is 1. The fourth-order valence-electron chi connectivity index (χ4n) is 4.31. The summed E-state index contributed by atoms with van der Waals surface area (Å²) in [6.45, 7) is 9.79. The monoisotopic (exact) mass is 394 g/mol. The molecule has 1 amide bonds. The number of fused-ring (bicyclic) bond motifs is 1. The maximum absolute atomic E-state index is 12.3. The zero-order valence-corrected chi connectivity index (χ0v) is 17.6. The standard InChI is InChI=1S/C23H30N4O2/c1-4-22-24-12-19(13-25-22)14-26-9-7-23(8-10-26)16-27(18(3)28)15-20-11-17(2)5-6-21(20)29-23/h5-6,11-13H,4,7-10,14-16H2,1-3H3. The average Bonchev–Trinajstić information content (AvgIpc) is 2.87. The lowest BCUT2D eigenvalue weighted by molar-refractivity contribution is -0.132. The predicted octanol–water partition coefficient (Wildman–Crippen LogP) is 3.12. The maximum atomic E-state index is 12.3. The van der Waals surface area contributed by atoms with Gasteiger partial charge >= 0.3 is 0 Å². The fraction of sp³-hybridized carbons (Fsp3) is 0.522. The van der Waals surface area contributed by atoms with Gasteiger partial charge in [0, 0.05) is 75.9 Å². The smallest absolute Gasteiger partial charge is 0.219 e. The number of likely N-dealkylation sites (tertiary alicyclic amines) is 1. The van der Waals surface area contributed by atoms with Crippen molar-refractivity contribution in [3.63, 3.8) is 0 Å². The molecule has 0 aliphatic carbocycles. The van der Waals surface area contributed by atoms with Gasteiger partial charge in [-0.2, -0.15) is 0 Å². The minimum Gasteiger partial charge on any atom is -0.485 e. The van der Waals surface area contributed by atoms with Crippen molar-refractivity contribution in [2.75, 3.05) is 19.6 Å². The Morgan fingerprint density at radius 1 is 1.21 bits per heavy atom. The Morgan fingerprint density at radius 2 is 1.93 bits per heavy atom. The Bertz CT molecular complexity index is 873. The third-order valence-electron chi connectivity index (χ3n) is 6.08. The molecule has 6 heteroatoms. The fourth-order valence-corrected chi connectivity index (χ4v) is 4.31. The summed E-state index contributed by atoms with van der Waals surface area (Å²) in [5.74, 6) is 1.92. The van der Waals surface area contributed by atoms with Gasteiger partial charge in [0.15, 0.2) is 0 Å². The van der Waals surface area contributed by atoms with Crippen molar-refractivity contribution < 1.29 is 9.53 Å². The summed E-state index contributed by atoms with van der Waals surface area (Å²) in [7, 11) is 0. The van der Waals surface area contributed by atoms with Crippen LogP contribution in [0, 0.1) is 6.92 Å². The van der Waals surface area contributed by atoms with Gasteiger partial charge in [0.2, 0.25) is 5.91 Å². The zero-order valence-electron chi connectivity index (χ0n) is 17.6. The number of nitrogens with zero attached hydrogens (tertiary/aromatic N) is 4. The molecule has 0 bridgehead atoms. The van der Waals surface area contributed by atoms with Crippen molar-refractivity contribution in [2.24, 2.45) is 0 Å². The number of hydrogen-bond acceptors (Lipinski definition) is 5. The highest BCUT2D eigenvalue weighted by atomic mass is 16.5. The third kappa shape index (κ3) is 4.42. The van der Waals surface area contributed by atoms with Gasteiger partial charge in [-0.1, -0.05) is 24.6 Å². The Hall–Kier alpha value is -2.47. The quantitative estimate of drug-likeness (QED) is 0.801. The predicted molar refractivity (Wildman–Crippen MR) is 112 cm³/mol. The maximum Gasteiger partial charge on any atom is 0.219 e. The van der Waals surface area contributed by atoms with Crippen LogP contribution in [-0.2, 0) is 24.3 Å². The van der Waals surface area contributed by atoms with E-state index in [2.05, 4.69) is 46.9 Å². The highest BCUT2D eigenvalue weighted by Gasteiger charge is 2.41. The van der Waals surface area contributed by atoms with Crippen LogP contribution in [0.25, 0.3) is 0 Å². The highest BCUT2D eigenvalue weighted by Crippen LogP contribution is 2.36. The SMILES string of the molecule is CCc1ncc(CN2CCC3(CC2)CN(C(C)=O)Cc2cc(C)ccc2O3)cn1. The molecular formula is C23H30N4O2. The molecular weight excluding hydrogens is 364 g/mol. The van der Waals surface area contributed by atoms with E-state index in [1.807, 2.05) is 17.3 Å². The molecule has 1 saturated heterocycles. The van der Waals surface area contributed by atoms with E-state index >= 15 is 0 Å². The van der Waals surface area contributed by atoms with Gasteiger partial charge in [-0.3, -0.25) is 9.69 Å². The van der Waals surface area contributed by atoms with Crippen LogP contribution in [0.15, 0.2) is 30.6 Å². The van der Waals surface area contributed by atoms with Crippen molar-refractivity contribution in [1.82, 2.24) is 19.8 Å². The van der Waals surface area contributed by atoms with E-state index < -0.39 is 0 Å². The van der Waals surface area contributed by atoms with E-state index in [4.69, 9.17) is 4.74 Å². The van der Waals surface area contributed by atoms with Gasteiger partial charge in [-0.05, 0) is 13.0 Å². The van der Waals surface area contributed by atoms with E-state index in [-0.39, 0.29) is 11.5 Å². The Balaban J connectivity index is 1.48. The molecule has 3 heterocycles. The second-order valence-corrected chi connectivity index (χ2v) is 8.41. The largest absolute Gasteiger partial charge is 0.485 e. The van der Waals surface area contributed by atoms with Gasteiger partial charge in [-0.15, -0.1) is 0 Å². The first-order valence-electron chi connectivity index (χ1n) is 10.5. The first kappa shape index (κ1) is 19.8. The summed E-state index contributed by atoms with van der Waals surface area (Å²) in [5.41, 5.74) is 3.13. The number of piperidine rings is 1. The van der Waals surface area contributed by atoms with Crippen LogP contribution >= 0.6 is 0 Å². The van der Waals surface area contributed by atoms with Gasteiger partial charge in [0.1, 0.15) is 17.2 Å². The number of rotatable bonds is 3. The molecule has 154 valence electrons. The lowest BCUT2D eigenvalue weighted by atomic mass is 9.90. The third-order valence-corrected chi connectivity index (χ3v) is 6.08. The topological polar surface area (TPSA) is 58.6 Å². The van der Waals surface area contributed by atoms with Gasteiger partial charge in [0.05, 0.1) is 6.54 Å². The molecule has 2 aliphatic heterocycles. The number of amides is 1. The van der Waals surface area contributed by atoms with E-state index in [0.29, 0.717) is 13.1 Å². The molecule has 29 heavy (non-hydrogen) atoms. The van der Waals surface area contributed by atoms with Crippen molar-refractivity contribution in [1.29, 1.82) is 0 Å². The molecule has 6 nitrogen and oxygen atoms in total. The van der Waals surface area contributed by atoms with Crippen LogP contribution in [0.4, 0.5) is 0 Å². The Kier molecular flexibility index (Phi) is 5.54. The summed E-state index contributed by atoms with van der Waals surface area (Å²) in [4.78, 5) is 25.5. The van der Waals surface area contributed by atoms with Gasteiger partial charge in [0.25, 0.3) is 0 Å². The van der Waals surface area contributed by atoms with Crippen LogP contribution in [0.1, 0.15) is 49.2 Å². The Morgan fingerprint density at radius 3 is 2.59 bits per heavy atom. The molecule has 2 aromatic rings. The van der Waals surface area contributed by atoms with E-state index in [1.165, 1.54) is 5.56 Å². The Labute approximate surface area is 172 Å².